The van der Waals surface area contributed by atoms with E-state index in [0.29, 0.717) is 0 Å². The summed E-state index contributed by atoms with van der Waals surface area (Å²) >= 11 is 0. The molecule has 1 atom stereocenters. The zero-order valence-corrected chi connectivity index (χ0v) is 10.9. The average Bonchev–Trinajstić information content (AvgIpc) is 2.49. The molecule has 1 unspecified atom stereocenters. The van der Waals surface area contributed by atoms with Crippen LogP contribution in [0.25, 0.3) is 0 Å². The van der Waals surface area contributed by atoms with Gasteiger partial charge in [-0.15, -0.1) is 0 Å². The van der Waals surface area contributed by atoms with Crippen molar-refractivity contribution in [2.75, 3.05) is 7.11 Å². The number of pyridine rings is 2. The molecular weight excluding hydrogens is 240 g/mol. The third-order valence-electron chi connectivity index (χ3n) is 2.97. The van der Waals surface area contributed by atoms with E-state index in [1.165, 1.54) is 0 Å². The fourth-order valence-electron chi connectivity index (χ4n) is 1.97. The highest BCUT2D eigenvalue weighted by molar-refractivity contribution is 5.29. The number of nitrogens with two attached hydrogens (primary N) is 1. The Labute approximate surface area is 112 Å². The standard InChI is InChI=1S/C14H18N4O/c1-19-13-6-4-10-17-14(13)12(18-15)8-7-11-5-2-3-9-16-11/h2-6,9-10,12,18H,7-8,15H2,1H3. The zero-order chi connectivity index (χ0) is 13.5. The van der Waals surface area contributed by atoms with Crippen molar-refractivity contribution < 1.29 is 4.74 Å². The van der Waals surface area contributed by atoms with Crippen molar-refractivity contribution in [3.05, 3.63) is 54.1 Å². The molecule has 3 N–H and O–H groups in total. The monoisotopic (exact) mass is 258 g/mol. The molecule has 0 spiro atoms. The molecule has 2 heterocycles. The number of methoxy groups -OCH3 is 1. The summed E-state index contributed by atoms with van der Waals surface area (Å²) in [5.74, 6) is 6.37. The molecule has 0 fully saturated rings. The Balaban J connectivity index is 2.08. The third kappa shape index (κ3) is 3.49. The maximum absolute atomic E-state index is 5.63. The number of nitrogens with zero attached hydrogens (tertiary/aromatic N) is 2. The highest BCUT2D eigenvalue weighted by Crippen LogP contribution is 2.24. The molecule has 2 aromatic heterocycles. The smallest absolute Gasteiger partial charge is 0.142 e. The molecule has 0 bridgehead atoms. The van der Waals surface area contributed by atoms with Crippen molar-refractivity contribution in [3.63, 3.8) is 0 Å². The van der Waals surface area contributed by atoms with Gasteiger partial charge in [0.05, 0.1) is 13.2 Å². The van der Waals surface area contributed by atoms with E-state index >= 15 is 0 Å². The molecule has 0 saturated heterocycles. The molecule has 5 heteroatoms. The molecule has 0 aromatic carbocycles. The highest BCUT2D eigenvalue weighted by Gasteiger charge is 2.16. The average molecular weight is 258 g/mol. The van der Waals surface area contributed by atoms with Gasteiger partial charge in [-0.3, -0.25) is 21.2 Å². The van der Waals surface area contributed by atoms with Crippen molar-refractivity contribution in [1.29, 1.82) is 0 Å². The van der Waals surface area contributed by atoms with Crippen molar-refractivity contribution in [2.24, 2.45) is 5.84 Å². The molecule has 0 amide bonds. The maximum Gasteiger partial charge on any atom is 0.142 e. The molecule has 2 aromatic rings. The topological polar surface area (TPSA) is 73.1 Å². The lowest BCUT2D eigenvalue weighted by Gasteiger charge is -2.17. The molecule has 100 valence electrons. The Morgan fingerprint density at radius 1 is 1.21 bits per heavy atom. The van der Waals surface area contributed by atoms with E-state index in [0.717, 1.165) is 30.0 Å². The zero-order valence-electron chi connectivity index (χ0n) is 10.9. The fraction of sp³-hybridized carbons (Fsp3) is 0.286. The van der Waals surface area contributed by atoms with E-state index in [1.54, 1.807) is 19.5 Å². The van der Waals surface area contributed by atoms with E-state index < -0.39 is 0 Å². The number of aryl methyl sites for hydroxylation is 1. The molecule has 0 radical (unpaired) electrons. The van der Waals surface area contributed by atoms with Gasteiger partial charge >= 0.3 is 0 Å². The van der Waals surface area contributed by atoms with Crippen LogP contribution in [-0.4, -0.2) is 17.1 Å². The lowest BCUT2D eigenvalue weighted by molar-refractivity contribution is 0.390. The Bertz CT molecular complexity index is 504. The number of rotatable bonds is 6. The second-order valence-electron chi connectivity index (χ2n) is 4.17. The number of aromatic nitrogens is 2. The molecule has 0 aliphatic carbocycles. The number of hydrazine groups is 1. The van der Waals surface area contributed by atoms with Crippen molar-refractivity contribution in [2.45, 2.75) is 18.9 Å². The van der Waals surface area contributed by atoms with Crippen LogP contribution >= 0.6 is 0 Å². The molecule has 0 aliphatic heterocycles. The SMILES string of the molecule is COc1cccnc1C(CCc1ccccn1)NN. The van der Waals surface area contributed by atoms with Crippen LogP contribution in [0.1, 0.15) is 23.9 Å². The number of hydrogen-bond acceptors (Lipinski definition) is 5. The summed E-state index contributed by atoms with van der Waals surface area (Å²) < 4.78 is 5.31. The number of hydrogen-bond donors (Lipinski definition) is 2. The highest BCUT2D eigenvalue weighted by atomic mass is 16.5. The lowest BCUT2D eigenvalue weighted by atomic mass is 10.1. The molecule has 19 heavy (non-hydrogen) atoms. The molecule has 0 saturated carbocycles. The first kappa shape index (κ1) is 13.5. The Morgan fingerprint density at radius 3 is 2.74 bits per heavy atom. The first-order valence-electron chi connectivity index (χ1n) is 6.20. The first-order chi connectivity index (χ1) is 9.35. The quantitative estimate of drug-likeness (QED) is 0.608. The van der Waals surface area contributed by atoms with Gasteiger partial charge in [0.15, 0.2) is 0 Å². The first-order valence-corrected chi connectivity index (χ1v) is 6.20. The van der Waals surface area contributed by atoms with E-state index in [-0.39, 0.29) is 6.04 Å². The molecule has 0 aliphatic rings. The van der Waals surface area contributed by atoms with Gasteiger partial charge in [0.1, 0.15) is 11.4 Å². The second kappa shape index (κ2) is 6.82. The van der Waals surface area contributed by atoms with Gasteiger partial charge in [-0.25, -0.2) is 0 Å². The minimum absolute atomic E-state index is 0.0573. The lowest BCUT2D eigenvalue weighted by Crippen LogP contribution is -2.29. The van der Waals surface area contributed by atoms with Crippen LogP contribution in [-0.2, 0) is 6.42 Å². The summed E-state index contributed by atoms with van der Waals surface area (Å²) in [6.07, 6.45) is 5.17. The predicted molar refractivity (Wildman–Crippen MR) is 73.4 cm³/mol. The maximum atomic E-state index is 5.63. The van der Waals surface area contributed by atoms with Gasteiger partial charge in [-0.2, -0.15) is 0 Å². The largest absolute Gasteiger partial charge is 0.495 e. The summed E-state index contributed by atoms with van der Waals surface area (Å²) in [4.78, 5) is 8.65. The van der Waals surface area contributed by atoms with E-state index in [2.05, 4.69) is 15.4 Å². The minimum Gasteiger partial charge on any atom is -0.495 e. The fourth-order valence-corrected chi connectivity index (χ4v) is 1.97. The second-order valence-corrected chi connectivity index (χ2v) is 4.17. The van der Waals surface area contributed by atoms with Crippen LogP contribution in [0.15, 0.2) is 42.7 Å². The Morgan fingerprint density at radius 2 is 2.05 bits per heavy atom. The van der Waals surface area contributed by atoms with Gasteiger partial charge < -0.3 is 4.74 Å². The summed E-state index contributed by atoms with van der Waals surface area (Å²) in [5.41, 5.74) is 4.66. The summed E-state index contributed by atoms with van der Waals surface area (Å²) in [6.45, 7) is 0. The van der Waals surface area contributed by atoms with Crippen LogP contribution < -0.4 is 16.0 Å². The number of nitrogens with one attached hydrogen (secondary N) is 1. The van der Waals surface area contributed by atoms with Crippen LogP contribution in [0.3, 0.4) is 0 Å². The Hall–Kier alpha value is -1.98. The van der Waals surface area contributed by atoms with E-state index in [9.17, 15) is 0 Å². The van der Waals surface area contributed by atoms with Crippen LogP contribution in [0, 0.1) is 0 Å². The number of ether oxygens (including phenoxy) is 1. The Kier molecular flexibility index (Phi) is 4.83. The van der Waals surface area contributed by atoms with Gasteiger partial charge in [-0.1, -0.05) is 6.07 Å². The van der Waals surface area contributed by atoms with Gasteiger partial charge in [0, 0.05) is 18.1 Å². The van der Waals surface area contributed by atoms with Crippen LogP contribution in [0.2, 0.25) is 0 Å². The van der Waals surface area contributed by atoms with Crippen LogP contribution in [0.4, 0.5) is 0 Å². The summed E-state index contributed by atoms with van der Waals surface area (Å²) in [7, 11) is 1.63. The normalized spacial score (nSPS) is 12.1. The van der Waals surface area contributed by atoms with Gasteiger partial charge in [0.2, 0.25) is 0 Å². The van der Waals surface area contributed by atoms with E-state index in [4.69, 9.17) is 10.6 Å². The van der Waals surface area contributed by atoms with Gasteiger partial charge in [0.25, 0.3) is 0 Å². The van der Waals surface area contributed by atoms with Crippen molar-refractivity contribution >= 4 is 0 Å². The summed E-state index contributed by atoms with van der Waals surface area (Å²) in [6, 6.07) is 9.56. The van der Waals surface area contributed by atoms with E-state index in [1.807, 2.05) is 30.3 Å². The van der Waals surface area contributed by atoms with Crippen LogP contribution in [0.5, 0.6) is 5.75 Å². The third-order valence-corrected chi connectivity index (χ3v) is 2.97. The minimum atomic E-state index is -0.0573. The molecule has 5 nitrogen and oxygen atoms in total. The summed E-state index contributed by atoms with van der Waals surface area (Å²) in [5, 5.41) is 0. The van der Waals surface area contributed by atoms with Crippen molar-refractivity contribution in [3.8, 4) is 5.75 Å². The molecule has 2 rings (SSSR count). The van der Waals surface area contributed by atoms with Crippen molar-refractivity contribution in [1.82, 2.24) is 15.4 Å². The van der Waals surface area contributed by atoms with Gasteiger partial charge in [-0.05, 0) is 37.1 Å². The molecular formula is C14H18N4O. The predicted octanol–water partition coefficient (Wildman–Crippen LogP) is 1.62.